The summed E-state index contributed by atoms with van der Waals surface area (Å²) in [6.45, 7) is 2.62. The molecule has 0 aliphatic carbocycles. The van der Waals surface area contributed by atoms with Crippen LogP contribution in [-0.4, -0.2) is 47.7 Å². The summed E-state index contributed by atoms with van der Waals surface area (Å²) in [5, 5.41) is 8.46. The Morgan fingerprint density at radius 1 is 1.14 bits per heavy atom. The van der Waals surface area contributed by atoms with Crippen LogP contribution in [0.15, 0.2) is 72.4 Å². The SMILES string of the molecule is CNc1ccc2c(c1)CN(C)CC2.O=Cc1cccc(CNC(=O)c2csc(-c3cccnc3)n2)c1. The number of likely N-dealkylation sites (N-methyl/N-ethyl adjacent to an activating group) is 1. The van der Waals surface area contributed by atoms with Crippen LogP contribution in [0.5, 0.6) is 0 Å². The second-order valence-corrected chi connectivity index (χ2v) is 9.40. The van der Waals surface area contributed by atoms with Crippen molar-refractivity contribution in [3.05, 3.63) is 100 Å². The molecule has 0 unspecified atom stereocenters. The van der Waals surface area contributed by atoms with E-state index in [0.29, 0.717) is 17.8 Å². The van der Waals surface area contributed by atoms with E-state index < -0.39 is 0 Å². The number of fused-ring (bicyclic) bond motifs is 1. The number of nitrogens with zero attached hydrogens (tertiary/aromatic N) is 3. The number of rotatable bonds is 6. The zero-order valence-corrected chi connectivity index (χ0v) is 21.2. The van der Waals surface area contributed by atoms with Crippen LogP contribution in [0.3, 0.4) is 0 Å². The molecule has 2 N–H and O–H groups in total. The molecule has 1 aliphatic heterocycles. The quantitative estimate of drug-likeness (QED) is 0.375. The summed E-state index contributed by atoms with van der Waals surface area (Å²) >= 11 is 1.40. The van der Waals surface area contributed by atoms with Crippen LogP contribution in [0.4, 0.5) is 5.69 Å². The normalized spacial score (nSPS) is 12.6. The zero-order chi connectivity index (χ0) is 25.3. The molecular formula is C28H29N5O2S. The van der Waals surface area contributed by atoms with Crippen LogP contribution in [0.25, 0.3) is 10.6 Å². The van der Waals surface area contributed by atoms with Gasteiger partial charge in [0.25, 0.3) is 5.91 Å². The minimum Gasteiger partial charge on any atom is -0.388 e. The van der Waals surface area contributed by atoms with E-state index in [9.17, 15) is 9.59 Å². The van der Waals surface area contributed by atoms with Crippen molar-refractivity contribution < 1.29 is 9.59 Å². The van der Waals surface area contributed by atoms with E-state index in [0.717, 1.165) is 29.0 Å². The lowest BCUT2D eigenvalue weighted by molar-refractivity contribution is 0.0946. The monoisotopic (exact) mass is 499 g/mol. The molecule has 0 fully saturated rings. The van der Waals surface area contributed by atoms with Gasteiger partial charge in [0.05, 0.1) is 0 Å². The number of carbonyl (C=O) groups is 2. The molecule has 8 heteroatoms. The van der Waals surface area contributed by atoms with Crippen molar-refractivity contribution in [1.82, 2.24) is 20.2 Å². The summed E-state index contributed by atoms with van der Waals surface area (Å²) in [5.74, 6) is -0.243. The molecule has 1 aliphatic rings. The van der Waals surface area contributed by atoms with E-state index in [1.807, 2.05) is 25.2 Å². The maximum absolute atomic E-state index is 12.2. The molecule has 7 nitrogen and oxygen atoms in total. The Hall–Kier alpha value is -3.88. The first kappa shape index (κ1) is 25.2. The fourth-order valence-corrected chi connectivity index (χ4v) is 4.69. The van der Waals surface area contributed by atoms with Crippen LogP contribution >= 0.6 is 11.3 Å². The van der Waals surface area contributed by atoms with E-state index in [-0.39, 0.29) is 5.91 Å². The third-order valence-corrected chi connectivity index (χ3v) is 6.77. The molecule has 0 saturated heterocycles. The van der Waals surface area contributed by atoms with Gasteiger partial charge < -0.3 is 15.5 Å². The summed E-state index contributed by atoms with van der Waals surface area (Å²) in [4.78, 5) is 33.7. The standard InChI is InChI=1S/C17H13N3O2S.C11H16N2/c21-10-13-4-1-3-12(7-13)8-19-16(22)15-11-23-17(20-15)14-5-2-6-18-9-14;1-12-11-4-3-9-5-6-13(2)8-10(9)7-11/h1-7,9-11H,8H2,(H,19,22);3-4,7,12H,5-6,8H2,1-2H3. The number of carbonyl (C=O) groups excluding carboxylic acids is 2. The van der Waals surface area contributed by atoms with Crippen molar-refractivity contribution in [3.8, 4) is 10.6 Å². The number of anilines is 1. The number of hydrogen-bond acceptors (Lipinski definition) is 7. The summed E-state index contributed by atoms with van der Waals surface area (Å²) in [7, 11) is 4.14. The van der Waals surface area contributed by atoms with Crippen LogP contribution in [0.1, 0.15) is 37.5 Å². The van der Waals surface area contributed by atoms with Gasteiger partial charge in [0.1, 0.15) is 17.0 Å². The predicted octanol–water partition coefficient (Wildman–Crippen LogP) is 4.66. The van der Waals surface area contributed by atoms with Gasteiger partial charge in [0.15, 0.2) is 0 Å². The van der Waals surface area contributed by atoms with Crippen molar-refractivity contribution in [2.75, 3.05) is 26.0 Å². The predicted molar refractivity (Wildman–Crippen MR) is 144 cm³/mol. The van der Waals surface area contributed by atoms with Crippen LogP contribution in [0, 0.1) is 0 Å². The van der Waals surface area contributed by atoms with E-state index in [4.69, 9.17) is 0 Å². The number of nitrogens with one attached hydrogen (secondary N) is 2. The number of amides is 1. The van der Waals surface area contributed by atoms with Crippen LogP contribution in [-0.2, 0) is 19.5 Å². The second kappa shape index (κ2) is 12.2. The second-order valence-electron chi connectivity index (χ2n) is 8.55. The van der Waals surface area contributed by atoms with Gasteiger partial charge in [-0.25, -0.2) is 4.98 Å². The van der Waals surface area contributed by atoms with Crippen molar-refractivity contribution in [3.63, 3.8) is 0 Å². The first-order valence-corrected chi connectivity index (χ1v) is 12.6. The molecule has 0 saturated carbocycles. The van der Waals surface area contributed by atoms with Gasteiger partial charge in [-0.2, -0.15) is 0 Å². The van der Waals surface area contributed by atoms with Crippen LogP contribution in [0.2, 0.25) is 0 Å². The van der Waals surface area contributed by atoms with Crippen molar-refractivity contribution in [2.24, 2.45) is 0 Å². The highest BCUT2D eigenvalue weighted by Crippen LogP contribution is 2.23. The fraction of sp³-hybridized carbons (Fsp3) is 0.214. The average molecular weight is 500 g/mol. The topological polar surface area (TPSA) is 87.2 Å². The average Bonchev–Trinajstić information content (AvgIpc) is 3.43. The number of pyridine rings is 1. The highest BCUT2D eigenvalue weighted by atomic mass is 32.1. The smallest absolute Gasteiger partial charge is 0.271 e. The molecule has 36 heavy (non-hydrogen) atoms. The minimum absolute atomic E-state index is 0.243. The van der Waals surface area contributed by atoms with Gasteiger partial charge in [-0.3, -0.25) is 14.6 Å². The van der Waals surface area contributed by atoms with Crippen molar-refractivity contribution in [1.29, 1.82) is 0 Å². The molecule has 4 aromatic rings. The third-order valence-electron chi connectivity index (χ3n) is 5.88. The Balaban J connectivity index is 0.000000197. The third kappa shape index (κ3) is 6.62. The van der Waals surface area contributed by atoms with Gasteiger partial charge in [-0.15, -0.1) is 11.3 Å². The molecular weight excluding hydrogens is 470 g/mol. The number of aromatic nitrogens is 2. The Morgan fingerprint density at radius 2 is 2.03 bits per heavy atom. The first-order chi connectivity index (χ1) is 17.6. The largest absolute Gasteiger partial charge is 0.388 e. The number of aldehydes is 1. The number of hydrogen-bond donors (Lipinski definition) is 2. The van der Waals surface area contributed by atoms with E-state index in [1.54, 1.807) is 36.0 Å². The molecule has 5 rings (SSSR count). The van der Waals surface area contributed by atoms with Crippen molar-refractivity contribution in [2.45, 2.75) is 19.5 Å². The zero-order valence-electron chi connectivity index (χ0n) is 20.4. The molecule has 184 valence electrons. The van der Waals surface area contributed by atoms with Gasteiger partial charge in [0, 0.05) is 61.3 Å². The fourth-order valence-electron chi connectivity index (χ4n) is 3.90. The maximum atomic E-state index is 12.2. The Labute approximate surface area is 215 Å². The summed E-state index contributed by atoms with van der Waals surface area (Å²) in [6.07, 6.45) is 5.38. The molecule has 3 heterocycles. The van der Waals surface area contributed by atoms with E-state index >= 15 is 0 Å². The lowest BCUT2D eigenvalue weighted by Gasteiger charge is -2.25. The minimum atomic E-state index is -0.243. The first-order valence-electron chi connectivity index (χ1n) is 11.7. The Morgan fingerprint density at radius 3 is 2.81 bits per heavy atom. The Kier molecular flexibility index (Phi) is 8.54. The van der Waals surface area contributed by atoms with Crippen molar-refractivity contribution >= 4 is 29.2 Å². The Bertz CT molecular complexity index is 1320. The maximum Gasteiger partial charge on any atom is 0.271 e. The molecule has 2 aromatic heterocycles. The molecule has 1 amide bonds. The number of benzene rings is 2. The summed E-state index contributed by atoms with van der Waals surface area (Å²) < 4.78 is 0. The molecule has 0 atom stereocenters. The van der Waals surface area contributed by atoms with Crippen LogP contribution < -0.4 is 10.6 Å². The van der Waals surface area contributed by atoms with Gasteiger partial charge >= 0.3 is 0 Å². The van der Waals surface area contributed by atoms with Gasteiger partial charge in [0.2, 0.25) is 0 Å². The van der Waals surface area contributed by atoms with Gasteiger partial charge in [-0.1, -0.05) is 24.3 Å². The number of thiazole rings is 1. The molecule has 0 bridgehead atoms. The van der Waals surface area contributed by atoms with Gasteiger partial charge in [-0.05, 0) is 60.5 Å². The molecule has 0 spiro atoms. The highest BCUT2D eigenvalue weighted by molar-refractivity contribution is 7.13. The lowest BCUT2D eigenvalue weighted by Crippen LogP contribution is -2.26. The van der Waals surface area contributed by atoms with E-state index in [2.05, 4.69) is 50.7 Å². The molecule has 2 aromatic carbocycles. The summed E-state index contributed by atoms with van der Waals surface area (Å²) in [5.41, 5.74) is 6.91. The lowest BCUT2D eigenvalue weighted by atomic mass is 9.99. The molecule has 0 radical (unpaired) electrons. The summed E-state index contributed by atoms with van der Waals surface area (Å²) in [6, 6.07) is 17.5. The van der Waals surface area contributed by atoms with E-state index in [1.165, 1.54) is 41.1 Å². The highest BCUT2D eigenvalue weighted by Gasteiger charge is 2.13.